The van der Waals surface area contributed by atoms with Gasteiger partial charge in [-0.05, 0) is 48.0 Å². The number of Topliss-reactive ketones (excluding diaryl/α,β-unsaturated/α-hetero) is 1. The summed E-state index contributed by atoms with van der Waals surface area (Å²) in [4.78, 5) is 11.8. The Morgan fingerprint density at radius 2 is 1.75 bits per heavy atom. The zero-order chi connectivity index (χ0) is 10.7. The largest absolute Gasteiger partial charge is 1.00 e. The van der Waals surface area contributed by atoms with E-state index in [0.29, 0.717) is 22.2 Å². The third-order valence-corrected chi connectivity index (χ3v) is 5.02. The van der Waals surface area contributed by atoms with Crippen LogP contribution in [-0.4, -0.2) is 23.0 Å². The van der Waals surface area contributed by atoms with Gasteiger partial charge in [0.2, 0.25) is 5.78 Å². The number of benzene rings is 1. The van der Waals surface area contributed by atoms with E-state index in [-0.39, 0.29) is 28.6 Å². The second-order valence-corrected chi connectivity index (χ2v) is 6.13. The van der Waals surface area contributed by atoms with Crippen molar-refractivity contribution in [2.24, 2.45) is 0 Å². The van der Waals surface area contributed by atoms with Gasteiger partial charge >= 0.3 is 0 Å². The second-order valence-electron chi connectivity index (χ2n) is 3.80. The van der Waals surface area contributed by atoms with Gasteiger partial charge in [0.15, 0.2) is 5.75 Å². The molecule has 1 aliphatic rings. The third-order valence-electron chi connectivity index (χ3n) is 2.62. The molecular formula is C12H14BrFOS. The first-order valence-electron chi connectivity index (χ1n) is 5.18. The van der Waals surface area contributed by atoms with Crippen LogP contribution in [0, 0.1) is 5.82 Å². The van der Waals surface area contributed by atoms with Crippen molar-refractivity contribution in [3.8, 4) is 0 Å². The highest BCUT2D eigenvalue weighted by Gasteiger charge is 2.27. The van der Waals surface area contributed by atoms with Gasteiger partial charge in [0, 0.05) is 5.56 Å². The Balaban J connectivity index is 0.00000128. The standard InChI is InChI=1S/C12H14FOS.BrH/c13-11-5-3-10(4-6-11)12(14)9-15-7-1-2-8-15;/h3-6H,1-2,7-9H2;1H/q+1;/p-1. The van der Waals surface area contributed by atoms with Crippen LogP contribution in [0.1, 0.15) is 23.2 Å². The molecule has 16 heavy (non-hydrogen) atoms. The third kappa shape index (κ3) is 3.59. The van der Waals surface area contributed by atoms with Crippen molar-refractivity contribution in [1.82, 2.24) is 0 Å². The minimum absolute atomic E-state index is 0. The molecule has 1 aliphatic heterocycles. The fourth-order valence-corrected chi connectivity index (χ4v) is 4.02. The summed E-state index contributed by atoms with van der Waals surface area (Å²) < 4.78 is 12.6. The molecular weight excluding hydrogens is 291 g/mol. The average molecular weight is 305 g/mol. The van der Waals surface area contributed by atoms with Gasteiger partial charge in [-0.15, -0.1) is 0 Å². The molecule has 1 saturated heterocycles. The molecule has 0 unspecified atom stereocenters. The number of ketones is 1. The quantitative estimate of drug-likeness (QED) is 0.540. The van der Waals surface area contributed by atoms with E-state index < -0.39 is 0 Å². The summed E-state index contributed by atoms with van der Waals surface area (Å²) in [6.07, 6.45) is 2.53. The maximum Gasteiger partial charge on any atom is 0.211 e. The number of carbonyl (C=O) groups is 1. The lowest BCUT2D eigenvalue weighted by Crippen LogP contribution is -3.00. The molecule has 1 aromatic rings. The first kappa shape index (κ1) is 13.7. The molecule has 0 atom stereocenters. The van der Waals surface area contributed by atoms with Gasteiger partial charge in [0.1, 0.15) is 17.3 Å². The zero-order valence-corrected chi connectivity index (χ0v) is 11.3. The molecule has 1 fully saturated rings. The van der Waals surface area contributed by atoms with E-state index in [2.05, 4.69) is 0 Å². The summed E-state index contributed by atoms with van der Waals surface area (Å²) >= 11 is 0. The van der Waals surface area contributed by atoms with Crippen LogP contribution in [0.15, 0.2) is 24.3 Å². The topological polar surface area (TPSA) is 17.1 Å². The molecule has 0 N–H and O–H groups in total. The van der Waals surface area contributed by atoms with Gasteiger partial charge < -0.3 is 17.0 Å². The van der Waals surface area contributed by atoms with Crippen LogP contribution >= 0.6 is 0 Å². The summed E-state index contributed by atoms with van der Waals surface area (Å²) in [6, 6.07) is 5.87. The minimum Gasteiger partial charge on any atom is -1.00 e. The molecule has 0 spiro atoms. The second kappa shape index (κ2) is 6.40. The molecule has 1 aromatic carbocycles. The predicted molar refractivity (Wildman–Crippen MR) is 61.9 cm³/mol. The smallest absolute Gasteiger partial charge is 0.211 e. The van der Waals surface area contributed by atoms with E-state index in [1.165, 1.54) is 36.5 Å². The molecule has 4 heteroatoms. The van der Waals surface area contributed by atoms with E-state index in [9.17, 15) is 9.18 Å². The SMILES string of the molecule is O=C(C[S+]1CCCC1)c1ccc(F)cc1.[Br-]. The van der Waals surface area contributed by atoms with Crippen LogP contribution in [0.5, 0.6) is 0 Å². The van der Waals surface area contributed by atoms with E-state index >= 15 is 0 Å². The Kier molecular flexibility index (Phi) is 5.49. The fraction of sp³-hybridized carbons (Fsp3) is 0.417. The van der Waals surface area contributed by atoms with Gasteiger partial charge in [-0.25, -0.2) is 4.39 Å². The van der Waals surface area contributed by atoms with Crippen molar-refractivity contribution in [3.05, 3.63) is 35.6 Å². The van der Waals surface area contributed by atoms with Gasteiger partial charge in [-0.2, -0.15) is 0 Å². The highest BCUT2D eigenvalue weighted by atomic mass is 79.9. The van der Waals surface area contributed by atoms with Crippen molar-refractivity contribution in [2.45, 2.75) is 12.8 Å². The average Bonchev–Trinajstić information content (AvgIpc) is 2.71. The predicted octanol–water partition coefficient (Wildman–Crippen LogP) is -0.575. The summed E-state index contributed by atoms with van der Waals surface area (Å²) in [5.41, 5.74) is 0.649. The zero-order valence-electron chi connectivity index (χ0n) is 8.92. The van der Waals surface area contributed by atoms with Gasteiger partial charge in [-0.1, -0.05) is 0 Å². The Hall–Kier alpha value is -0.350. The van der Waals surface area contributed by atoms with Crippen molar-refractivity contribution in [1.29, 1.82) is 0 Å². The Bertz CT molecular complexity index is 347. The van der Waals surface area contributed by atoms with E-state index in [0.717, 1.165) is 0 Å². The van der Waals surface area contributed by atoms with Crippen LogP contribution in [-0.2, 0) is 10.9 Å². The lowest BCUT2D eigenvalue weighted by molar-refractivity contribution is -0.0000115. The van der Waals surface area contributed by atoms with Crippen LogP contribution in [0.3, 0.4) is 0 Å². The molecule has 1 nitrogen and oxygen atoms in total. The lowest BCUT2D eigenvalue weighted by Gasteiger charge is -2.00. The minimum atomic E-state index is -0.283. The normalized spacial score (nSPS) is 15.8. The number of halogens is 2. The molecule has 0 aliphatic carbocycles. The number of hydrogen-bond acceptors (Lipinski definition) is 1. The van der Waals surface area contributed by atoms with Gasteiger partial charge in [-0.3, -0.25) is 4.79 Å². The number of carbonyl (C=O) groups excluding carboxylic acids is 1. The van der Waals surface area contributed by atoms with Crippen LogP contribution in [0.25, 0.3) is 0 Å². The first-order valence-corrected chi connectivity index (χ1v) is 6.92. The van der Waals surface area contributed by atoms with E-state index in [1.807, 2.05) is 0 Å². The highest BCUT2D eigenvalue weighted by molar-refractivity contribution is 7.97. The number of hydrogen-bond donors (Lipinski definition) is 0. The molecule has 0 amide bonds. The summed E-state index contributed by atoms with van der Waals surface area (Å²) in [6.45, 7) is 0. The molecule has 1 heterocycles. The van der Waals surface area contributed by atoms with Crippen molar-refractivity contribution in [3.63, 3.8) is 0 Å². The Morgan fingerprint density at radius 3 is 2.31 bits per heavy atom. The summed E-state index contributed by atoms with van der Waals surface area (Å²) in [5, 5.41) is 0. The number of rotatable bonds is 3. The lowest BCUT2D eigenvalue weighted by atomic mass is 10.1. The highest BCUT2D eigenvalue weighted by Crippen LogP contribution is 2.15. The van der Waals surface area contributed by atoms with Gasteiger partial charge in [0.05, 0.1) is 0 Å². The molecule has 0 aromatic heterocycles. The molecule has 2 rings (SSSR count). The first-order chi connectivity index (χ1) is 7.25. The molecule has 0 bridgehead atoms. The molecule has 0 saturated carbocycles. The van der Waals surface area contributed by atoms with Crippen molar-refractivity contribution >= 4 is 16.7 Å². The summed E-state index contributed by atoms with van der Waals surface area (Å²) in [5.74, 6) is 2.95. The van der Waals surface area contributed by atoms with Crippen molar-refractivity contribution in [2.75, 3.05) is 17.3 Å². The maximum atomic E-state index is 12.6. The van der Waals surface area contributed by atoms with Crippen LogP contribution < -0.4 is 17.0 Å². The molecule has 0 radical (unpaired) electrons. The van der Waals surface area contributed by atoms with Gasteiger partial charge in [0.25, 0.3) is 0 Å². The Morgan fingerprint density at radius 1 is 1.19 bits per heavy atom. The maximum absolute atomic E-state index is 12.6. The van der Waals surface area contributed by atoms with E-state index in [1.54, 1.807) is 12.1 Å². The monoisotopic (exact) mass is 304 g/mol. The van der Waals surface area contributed by atoms with Crippen molar-refractivity contribution < 1.29 is 26.2 Å². The van der Waals surface area contributed by atoms with Crippen LogP contribution in [0.4, 0.5) is 4.39 Å². The van der Waals surface area contributed by atoms with Crippen LogP contribution in [0.2, 0.25) is 0 Å². The fourth-order valence-electron chi connectivity index (χ4n) is 1.76. The van der Waals surface area contributed by atoms with E-state index in [4.69, 9.17) is 0 Å². The molecule has 88 valence electrons. The summed E-state index contributed by atoms with van der Waals surface area (Å²) in [7, 11) is 0.293. The Labute approximate surface area is 109 Å².